The van der Waals surface area contributed by atoms with Crippen LogP contribution in [-0.4, -0.2) is 12.3 Å². The van der Waals surface area contributed by atoms with Crippen molar-refractivity contribution >= 4 is 12.7 Å². The molecule has 2 N–H and O–H groups in total. The molecule has 0 atom stereocenters. The molecule has 0 saturated carbocycles. The van der Waals surface area contributed by atoms with E-state index in [0.29, 0.717) is 0 Å². The molecular formula is C9H10BN2. The Hall–Kier alpha value is -1.51. The summed E-state index contributed by atoms with van der Waals surface area (Å²) in [7, 11) is 1.97. The molecule has 59 valence electrons. The summed E-state index contributed by atoms with van der Waals surface area (Å²) in [4.78, 5) is 3.98. The van der Waals surface area contributed by atoms with Crippen LogP contribution < -0.4 is 11.2 Å². The van der Waals surface area contributed by atoms with E-state index in [1.807, 2.05) is 31.5 Å². The van der Waals surface area contributed by atoms with Gasteiger partial charge >= 0.3 is 0 Å². The summed E-state index contributed by atoms with van der Waals surface area (Å²) in [5.74, 6) is 1.92. The van der Waals surface area contributed by atoms with Gasteiger partial charge in [-0.15, -0.1) is 5.98 Å². The van der Waals surface area contributed by atoms with Crippen molar-refractivity contribution in [3.8, 4) is 0 Å². The highest BCUT2D eigenvalue weighted by molar-refractivity contribution is 6.58. The van der Waals surface area contributed by atoms with Gasteiger partial charge in [0.05, 0.1) is 0 Å². The van der Waals surface area contributed by atoms with Gasteiger partial charge in [0.25, 0.3) is 0 Å². The van der Waals surface area contributed by atoms with Crippen molar-refractivity contribution in [2.24, 2.45) is 5.73 Å². The highest BCUT2D eigenvalue weighted by Crippen LogP contribution is 1.78. The number of allylic oxidation sites excluding steroid dienone is 2. The van der Waals surface area contributed by atoms with Gasteiger partial charge in [-0.05, 0) is 18.3 Å². The lowest BCUT2D eigenvalue weighted by Gasteiger charge is -1.90. The zero-order chi connectivity index (χ0) is 8.65. The highest BCUT2D eigenvalue weighted by Gasteiger charge is 1.87. The minimum atomic E-state index is 1.08. The van der Waals surface area contributed by atoms with E-state index in [1.54, 1.807) is 18.5 Å². The third-order valence-electron chi connectivity index (χ3n) is 1.31. The lowest BCUT2D eigenvalue weighted by molar-refractivity contribution is 1.35. The Morgan fingerprint density at radius 1 is 1.42 bits per heavy atom. The SMILES string of the molecule is N/C=C\C=C/[B]c1cccnc1. The summed E-state index contributed by atoms with van der Waals surface area (Å²) in [5.41, 5.74) is 6.23. The normalized spacial score (nSPS) is 11.0. The van der Waals surface area contributed by atoms with Crippen molar-refractivity contribution in [3.63, 3.8) is 0 Å². The number of hydrogen-bond donors (Lipinski definition) is 1. The van der Waals surface area contributed by atoms with Gasteiger partial charge in [0.1, 0.15) is 0 Å². The predicted octanol–water partition coefficient (Wildman–Crippen LogP) is 0.397. The van der Waals surface area contributed by atoms with E-state index in [0.717, 1.165) is 5.46 Å². The zero-order valence-electron chi connectivity index (χ0n) is 6.72. The molecule has 0 bridgehead atoms. The Morgan fingerprint density at radius 3 is 3.00 bits per heavy atom. The molecule has 0 unspecified atom stereocenters. The van der Waals surface area contributed by atoms with E-state index >= 15 is 0 Å². The van der Waals surface area contributed by atoms with E-state index < -0.39 is 0 Å². The molecule has 0 aliphatic carbocycles. The van der Waals surface area contributed by atoms with Crippen LogP contribution in [0.1, 0.15) is 0 Å². The van der Waals surface area contributed by atoms with E-state index in [9.17, 15) is 0 Å². The van der Waals surface area contributed by atoms with Crippen molar-refractivity contribution in [2.75, 3.05) is 0 Å². The first-order valence-corrected chi connectivity index (χ1v) is 3.72. The summed E-state index contributed by atoms with van der Waals surface area (Å²) in [6.45, 7) is 0. The molecule has 1 rings (SSSR count). The van der Waals surface area contributed by atoms with Crippen LogP contribution in [-0.2, 0) is 0 Å². The van der Waals surface area contributed by atoms with Gasteiger partial charge in [-0.3, -0.25) is 4.98 Å². The molecule has 0 saturated heterocycles. The topological polar surface area (TPSA) is 38.9 Å². The summed E-state index contributed by atoms with van der Waals surface area (Å²) in [6, 6.07) is 3.89. The number of nitrogens with zero attached hydrogens (tertiary/aromatic N) is 1. The average Bonchev–Trinajstić information content (AvgIpc) is 2.14. The number of pyridine rings is 1. The number of hydrogen-bond acceptors (Lipinski definition) is 2. The smallest absolute Gasteiger partial charge is 0.183 e. The number of aromatic nitrogens is 1. The fourth-order valence-corrected chi connectivity index (χ4v) is 0.770. The maximum Gasteiger partial charge on any atom is 0.183 e. The van der Waals surface area contributed by atoms with Gasteiger partial charge in [-0.2, -0.15) is 0 Å². The van der Waals surface area contributed by atoms with Crippen molar-refractivity contribution in [1.29, 1.82) is 0 Å². The van der Waals surface area contributed by atoms with Crippen LogP contribution in [0.25, 0.3) is 0 Å². The Balaban J connectivity index is 2.43. The minimum absolute atomic E-state index is 1.08. The Morgan fingerprint density at radius 2 is 2.33 bits per heavy atom. The predicted molar refractivity (Wildman–Crippen MR) is 52.1 cm³/mol. The van der Waals surface area contributed by atoms with Crippen LogP contribution in [0.2, 0.25) is 0 Å². The maximum absolute atomic E-state index is 5.15. The summed E-state index contributed by atoms with van der Waals surface area (Å²) >= 11 is 0. The molecule has 1 aromatic rings. The number of rotatable bonds is 3. The first kappa shape index (κ1) is 8.59. The van der Waals surface area contributed by atoms with Crippen LogP contribution in [0.3, 0.4) is 0 Å². The summed E-state index contributed by atoms with van der Waals surface area (Å²) < 4.78 is 0. The van der Waals surface area contributed by atoms with Crippen molar-refractivity contribution in [3.05, 3.63) is 48.9 Å². The van der Waals surface area contributed by atoms with Crippen LogP contribution in [0, 0.1) is 0 Å². The molecule has 0 aliphatic heterocycles. The molecule has 1 radical (unpaired) electrons. The fourth-order valence-electron chi connectivity index (χ4n) is 0.770. The average molecular weight is 157 g/mol. The largest absolute Gasteiger partial charge is 0.405 e. The Bertz CT molecular complexity index is 267. The molecule has 0 amide bonds. The molecule has 1 heterocycles. The second kappa shape index (κ2) is 5.19. The minimum Gasteiger partial charge on any atom is -0.405 e. The van der Waals surface area contributed by atoms with Gasteiger partial charge in [-0.25, -0.2) is 0 Å². The van der Waals surface area contributed by atoms with E-state index in [2.05, 4.69) is 4.98 Å². The second-order valence-electron chi connectivity index (χ2n) is 2.22. The molecule has 12 heavy (non-hydrogen) atoms. The maximum atomic E-state index is 5.15. The molecule has 0 aromatic carbocycles. The van der Waals surface area contributed by atoms with E-state index in [-0.39, 0.29) is 0 Å². The second-order valence-corrected chi connectivity index (χ2v) is 2.22. The molecule has 2 nitrogen and oxygen atoms in total. The molecule has 1 aromatic heterocycles. The first-order valence-electron chi connectivity index (χ1n) is 3.72. The molecule has 0 spiro atoms. The first-order chi connectivity index (χ1) is 5.93. The summed E-state index contributed by atoms with van der Waals surface area (Å²) in [6.07, 6.45) is 8.69. The van der Waals surface area contributed by atoms with E-state index in [4.69, 9.17) is 5.73 Å². The van der Waals surface area contributed by atoms with Crippen LogP contribution >= 0.6 is 0 Å². The summed E-state index contributed by atoms with van der Waals surface area (Å²) in [5, 5.41) is 0. The third-order valence-corrected chi connectivity index (χ3v) is 1.31. The van der Waals surface area contributed by atoms with Gasteiger partial charge < -0.3 is 5.73 Å². The quantitative estimate of drug-likeness (QED) is 0.509. The van der Waals surface area contributed by atoms with Crippen molar-refractivity contribution < 1.29 is 0 Å². The molecule has 0 fully saturated rings. The van der Waals surface area contributed by atoms with Crippen LogP contribution in [0.15, 0.2) is 48.9 Å². The number of nitrogens with two attached hydrogens (primary N) is 1. The van der Waals surface area contributed by atoms with Crippen molar-refractivity contribution in [1.82, 2.24) is 4.98 Å². The van der Waals surface area contributed by atoms with Crippen molar-refractivity contribution in [2.45, 2.75) is 0 Å². The fraction of sp³-hybridized carbons (Fsp3) is 0. The zero-order valence-corrected chi connectivity index (χ0v) is 6.72. The van der Waals surface area contributed by atoms with Gasteiger partial charge in [0, 0.05) is 12.4 Å². The molecular weight excluding hydrogens is 147 g/mol. The monoisotopic (exact) mass is 157 g/mol. The lowest BCUT2D eigenvalue weighted by atomic mass is 9.71. The third kappa shape index (κ3) is 3.06. The van der Waals surface area contributed by atoms with Crippen LogP contribution in [0.5, 0.6) is 0 Å². The Labute approximate surface area is 73.1 Å². The van der Waals surface area contributed by atoms with E-state index in [1.165, 1.54) is 6.20 Å². The molecule has 0 aliphatic rings. The molecule has 3 heteroatoms. The standard InChI is InChI=1S/C9H10BN2/c11-6-2-1-5-10-9-4-3-7-12-8-9/h1-8H,11H2/b5-1-,6-2-. The highest BCUT2D eigenvalue weighted by atomic mass is 14.6. The van der Waals surface area contributed by atoms with Gasteiger partial charge in [0.2, 0.25) is 0 Å². The van der Waals surface area contributed by atoms with Gasteiger partial charge in [0.15, 0.2) is 7.28 Å². The van der Waals surface area contributed by atoms with Crippen LogP contribution in [0.4, 0.5) is 0 Å². The Kier molecular flexibility index (Phi) is 3.71. The van der Waals surface area contributed by atoms with Gasteiger partial charge in [-0.1, -0.05) is 17.6 Å². The lowest BCUT2D eigenvalue weighted by Crippen LogP contribution is -2.11.